The van der Waals surface area contributed by atoms with E-state index in [9.17, 15) is 19.2 Å². The monoisotopic (exact) mass is 460 g/mol. The maximum absolute atomic E-state index is 12.8. The Morgan fingerprint density at radius 2 is 1.77 bits per heavy atom. The van der Waals surface area contributed by atoms with Crippen LogP contribution in [0.3, 0.4) is 0 Å². The first-order valence-corrected chi connectivity index (χ1v) is 11.2. The standard InChI is InChI=1S/C17H28N6O5S2/c1-9(18)14(24)21-11(3-4-30-2)15(25)22-12(5-10-6-19-8-20-10)16(26)23-13(7-29)17(27)28/h6,8-9,11-13,29H,3-5,7,18H2,1-2H3,(H,19,20)(H,21,24)(H,22,25)(H,23,26)(H,27,28). The van der Waals surface area contributed by atoms with Crippen LogP contribution in [0.1, 0.15) is 19.0 Å². The predicted octanol–water partition coefficient (Wildman–Crippen LogP) is -1.48. The van der Waals surface area contributed by atoms with Crippen molar-refractivity contribution >= 4 is 48.1 Å². The molecular formula is C17H28N6O5S2. The number of aromatic amines is 1. The van der Waals surface area contributed by atoms with E-state index in [2.05, 4.69) is 38.5 Å². The lowest BCUT2D eigenvalue weighted by Crippen LogP contribution is -2.57. The number of carbonyl (C=O) groups is 4. The molecule has 0 aromatic carbocycles. The summed E-state index contributed by atoms with van der Waals surface area (Å²) in [5.74, 6) is -2.53. The predicted molar refractivity (Wildman–Crippen MR) is 116 cm³/mol. The van der Waals surface area contributed by atoms with Crippen molar-refractivity contribution in [2.45, 2.75) is 43.9 Å². The fourth-order valence-corrected chi connectivity index (χ4v) is 3.08. The number of aliphatic carboxylic acids is 1. The number of hydrogen-bond donors (Lipinski definition) is 7. The molecule has 0 saturated carbocycles. The van der Waals surface area contributed by atoms with E-state index in [1.54, 1.807) is 0 Å². The zero-order valence-electron chi connectivity index (χ0n) is 16.8. The van der Waals surface area contributed by atoms with Gasteiger partial charge >= 0.3 is 5.97 Å². The maximum atomic E-state index is 12.8. The number of thioether (sulfide) groups is 1. The van der Waals surface area contributed by atoms with Gasteiger partial charge in [-0.2, -0.15) is 24.4 Å². The van der Waals surface area contributed by atoms with Crippen LogP contribution in [0.2, 0.25) is 0 Å². The molecule has 0 aliphatic rings. The van der Waals surface area contributed by atoms with Crippen molar-refractivity contribution < 1.29 is 24.3 Å². The number of aromatic nitrogens is 2. The Kier molecular flexibility index (Phi) is 11.3. The van der Waals surface area contributed by atoms with Gasteiger partial charge in [0.2, 0.25) is 17.7 Å². The first-order valence-electron chi connectivity index (χ1n) is 9.16. The van der Waals surface area contributed by atoms with Gasteiger partial charge in [-0.3, -0.25) is 14.4 Å². The molecule has 1 heterocycles. The molecule has 168 valence electrons. The fourth-order valence-electron chi connectivity index (χ4n) is 2.36. The lowest BCUT2D eigenvalue weighted by molar-refractivity contribution is -0.141. The third-order valence-corrected chi connectivity index (χ3v) is 5.08. The second kappa shape index (κ2) is 13.1. The van der Waals surface area contributed by atoms with Crippen LogP contribution in [0.5, 0.6) is 0 Å². The molecule has 13 heteroatoms. The van der Waals surface area contributed by atoms with Gasteiger partial charge in [-0.15, -0.1) is 0 Å². The Morgan fingerprint density at radius 3 is 2.27 bits per heavy atom. The van der Waals surface area contributed by atoms with E-state index in [-0.39, 0.29) is 12.2 Å². The van der Waals surface area contributed by atoms with Crippen molar-refractivity contribution in [3.8, 4) is 0 Å². The molecule has 1 aromatic heterocycles. The molecule has 30 heavy (non-hydrogen) atoms. The van der Waals surface area contributed by atoms with Crippen LogP contribution in [0.15, 0.2) is 12.5 Å². The number of thiol groups is 1. The van der Waals surface area contributed by atoms with Crippen LogP contribution in [0.25, 0.3) is 0 Å². The molecule has 1 rings (SSSR count). The Hall–Kier alpha value is -2.25. The molecule has 4 unspecified atom stereocenters. The van der Waals surface area contributed by atoms with E-state index in [1.807, 2.05) is 6.26 Å². The number of nitrogens with one attached hydrogen (secondary N) is 4. The summed E-state index contributed by atoms with van der Waals surface area (Å²) >= 11 is 5.42. The van der Waals surface area contributed by atoms with Crippen LogP contribution < -0.4 is 21.7 Å². The number of amides is 3. The molecule has 0 aliphatic carbocycles. The Bertz CT molecular complexity index is 716. The summed E-state index contributed by atoms with van der Waals surface area (Å²) < 4.78 is 0. The molecular weight excluding hydrogens is 432 g/mol. The van der Waals surface area contributed by atoms with Crippen LogP contribution in [-0.2, 0) is 25.6 Å². The van der Waals surface area contributed by atoms with Crippen molar-refractivity contribution in [1.29, 1.82) is 0 Å². The molecule has 11 nitrogen and oxygen atoms in total. The number of imidazole rings is 1. The summed E-state index contributed by atoms with van der Waals surface area (Å²) in [6.07, 6.45) is 5.15. The van der Waals surface area contributed by atoms with E-state index < -0.39 is 47.9 Å². The maximum Gasteiger partial charge on any atom is 0.327 e. The van der Waals surface area contributed by atoms with Crippen LogP contribution in [-0.4, -0.2) is 80.7 Å². The van der Waals surface area contributed by atoms with Gasteiger partial charge in [0, 0.05) is 24.1 Å². The summed E-state index contributed by atoms with van der Waals surface area (Å²) in [5.41, 5.74) is 6.13. The highest BCUT2D eigenvalue weighted by Crippen LogP contribution is 2.05. The van der Waals surface area contributed by atoms with Crippen molar-refractivity contribution in [3.63, 3.8) is 0 Å². The first-order chi connectivity index (χ1) is 14.2. The molecule has 3 amide bonds. The zero-order valence-corrected chi connectivity index (χ0v) is 18.5. The Balaban J connectivity index is 2.97. The summed E-state index contributed by atoms with van der Waals surface area (Å²) in [5, 5.41) is 16.7. The SMILES string of the molecule is CSCCC(NC(=O)C(C)N)C(=O)NC(Cc1cnc[nH]1)C(=O)NC(CS)C(=O)O. The van der Waals surface area contributed by atoms with Gasteiger partial charge in [-0.25, -0.2) is 9.78 Å². The summed E-state index contributed by atoms with van der Waals surface area (Å²) in [4.78, 5) is 55.4. The number of hydrogen-bond acceptors (Lipinski definition) is 8. The normalized spacial score (nSPS) is 14.8. The van der Waals surface area contributed by atoms with Crippen LogP contribution >= 0.6 is 24.4 Å². The fraction of sp³-hybridized carbons (Fsp3) is 0.588. The Morgan fingerprint density at radius 1 is 1.17 bits per heavy atom. The number of carbonyl (C=O) groups excluding carboxylic acids is 3. The number of H-pyrrole nitrogens is 1. The molecule has 0 bridgehead atoms. The third-order valence-electron chi connectivity index (χ3n) is 4.07. The highest BCUT2D eigenvalue weighted by molar-refractivity contribution is 7.98. The highest BCUT2D eigenvalue weighted by Gasteiger charge is 2.29. The minimum atomic E-state index is -1.24. The smallest absolute Gasteiger partial charge is 0.327 e. The van der Waals surface area contributed by atoms with Crippen molar-refractivity contribution in [2.24, 2.45) is 5.73 Å². The van der Waals surface area contributed by atoms with Gasteiger partial charge in [0.25, 0.3) is 0 Å². The molecule has 0 aliphatic heterocycles. The summed E-state index contributed by atoms with van der Waals surface area (Å²) in [6.45, 7) is 1.50. The molecule has 0 spiro atoms. The molecule has 7 N–H and O–H groups in total. The quantitative estimate of drug-likeness (QED) is 0.174. The topological polar surface area (TPSA) is 179 Å². The van der Waals surface area contributed by atoms with E-state index >= 15 is 0 Å². The molecule has 4 atom stereocenters. The van der Waals surface area contributed by atoms with Gasteiger partial charge in [0.1, 0.15) is 18.1 Å². The van der Waals surface area contributed by atoms with Crippen LogP contribution in [0, 0.1) is 0 Å². The van der Waals surface area contributed by atoms with E-state index in [0.29, 0.717) is 17.9 Å². The van der Waals surface area contributed by atoms with Gasteiger partial charge in [0.05, 0.1) is 12.4 Å². The molecule has 0 fully saturated rings. The van der Waals surface area contributed by atoms with E-state index in [0.717, 1.165) is 0 Å². The summed E-state index contributed by atoms with van der Waals surface area (Å²) in [7, 11) is 0. The lowest BCUT2D eigenvalue weighted by Gasteiger charge is -2.24. The van der Waals surface area contributed by atoms with Gasteiger partial charge < -0.3 is 31.8 Å². The van der Waals surface area contributed by atoms with Crippen molar-refractivity contribution in [3.05, 3.63) is 18.2 Å². The van der Waals surface area contributed by atoms with Gasteiger partial charge in [0.15, 0.2) is 0 Å². The van der Waals surface area contributed by atoms with Crippen LogP contribution in [0.4, 0.5) is 0 Å². The summed E-state index contributed by atoms with van der Waals surface area (Å²) in [6, 6.07) is -4.01. The van der Waals surface area contributed by atoms with Crippen molar-refractivity contribution in [2.75, 3.05) is 17.8 Å². The highest BCUT2D eigenvalue weighted by atomic mass is 32.2. The molecule has 0 saturated heterocycles. The average molecular weight is 461 g/mol. The average Bonchev–Trinajstić information content (AvgIpc) is 3.20. The number of carboxylic acids is 1. The minimum absolute atomic E-state index is 0.0486. The van der Waals surface area contributed by atoms with Crippen molar-refractivity contribution in [1.82, 2.24) is 25.9 Å². The minimum Gasteiger partial charge on any atom is -0.480 e. The zero-order chi connectivity index (χ0) is 22.7. The number of carboxylic acid groups (broad SMARTS) is 1. The number of nitrogens with two attached hydrogens (primary N) is 1. The largest absolute Gasteiger partial charge is 0.480 e. The van der Waals surface area contributed by atoms with Gasteiger partial charge in [-0.05, 0) is 25.4 Å². The second-order valence-corrected chi connectivity index (χ2v) is 7.91. The Labute approximate surface area is 184 Å². The number of rotatable bonds is 13. The van der Waals surface area contributed by atoms with E-state index in [1.165, 1.54) is 31.2 Å². The lowest BCUT2D eigenvalue weighted by atomic mass is 10.1. The van der Waals surface area contributed by atoms with E-state index in [4.69, 9.17) is 10.8 Å². The molecule has 1 aromatic rings. The molecule has 0 radical (unpaired) electrons. The first kappa shape index (κ1) is 25.8. The number of nitrogens with zero attached hydrogens (tertiary/aromatic N) is 1. The van der Waals surface area contributed by atoms with Gasteiger partial charge in [-0.1, -0.05) is 0 Å². The second-order valence-electron chi connectivity index (χ2n) is 6.56. The third kappa shape index (κ3) is 8.63.